The number of benzene rings is 1. The number of nitrogens with zero attached hydrogens (tertiary/aromatic N) is 1. The van der Waals surface area contributed by atoms with Crippen molar-refractivity contribution in [3.05, 3.63) is 36.5 Å². The second-order valence-electron chi connectivity index (χ2n) is 4.25. The molecule has 0 amide bonds. The molecule has 0 spiro atoms. The fraction of sp³-hybridized carbons (Fsp3) is 0.308. The highest BCUT2D eigenvalue weighted by atomic mass is 15.0. The van der Waals surface area contributed by atoms with E-state index >= 15 is 0 Å². The molecular weight excluding hydrogens is 198 g/mol. The van der Waals surface area contributed by atoms with Crippen molar-refractivity contribution in [1.29, 1.82) is 0 Å². The third-order valence-corrected chi connectivity index (χ3v) is 3.02. The Morgan fingerprint density at radius 2 is 2.25 bits per heavy atom. The van der Waals surface area contributed by atoms with Crippen LogP contribution in [0.1, 0.15) is 6.42 Å². The van der Waals surface area contributed by atoms with E-state index in [-0.39, 0.29) is 0 Å². The lowest BCUT2D eigenvalue weighted by Crippen LogP contribution is -2.22. The maximum absolute atomic E-state index is 4.44. The van der Waals surface area contributed by atoms with Gasteiger partial charge in [-0.1, -0.05) is 18.2 Å². The molecule has 0 aliphatic carbocycles. The first-order valence-electron chi connectivity index (χ1n) is 5.74. The second-order valence-corrected chi connectivity index (χ2v) is 4.25. The Labute approximate surface area is 94.9 Å². The Morgan fingerprint density at radius 1 is 1.31 bits per heavy atom. The Bertz CT molecular complexity index is 489. The predicted molar refractivity (Wildman–Crippen MR) is 66.6 cm³/mol. The molecule has 3 nitrogen and oxygen atoms in total. The summed E-state index contributed by atoms with van der Waals surface area (Å²) in [6.07, 6.45) is 3.10. The first kappa shape index (κ1) is 9.60. The summed E-state index contributed by atoms with van der Waals surface area (Å²) < 4.78 is 0. The molecule has 1 atom stereocenters. The van der Waals surface area contributed by atoms with Gasteiger partial charge >= 0.3 is 0 Å². The maximum Gasteiger partial charge on any atom is 0.0703 e. The summed E-state index contributed by atoms with van der Waals surface area (Å²) >= 11 is 0. The smallest absolute Gasteiger partial charge is 0.0703 e. The van der Waals surface area contributed by atoms with Crippen LogP contribution in [-0.2, 0) is 0 Å². The molecule has 16 heavy (non-hydrogen) atoms. The zero-order chi connectivity index (χ0) is 10.8. The Hall–Kier alpha value is -1.61. The molecule has 3 rings (SSSR count). The van der Waals surface area contributed by atoms with Crippen LogP contribution in [0.5, 0.6) is 0 Å². The van der Waals surface area contributed by atoms with Gasteiger partial charge in [-0.25, -0.2) is 0 Å². The van der Waals surface area contributed by atoms with Gasteiger partial charge in [-0.2, -0.15) is 0 Å². The van der Waals surface area contributed by atoms with Crippen LogP contribution < -0.4 is 10.6 Å². The Morgan fingerprint density at radius 3 is 3.12 bits per heavy atom. The number of anilines is 1. The molecule has 0 saturated carbocycles. The SMILES string of the molecule is c1ccc2ncc(N[C@@H]3CCNC3)cc2c1. The molecule has 0 radical (unpaired) electrons. The van der Waals surface area contributed by atoms with Gasteiger partial charge in [0.05, 0.1) is 17.4 Å². The van der Waals surface area contributed by atoms with E-state index in [9.17, 15) is 0 Å². The van der Waals surface area contributed by atoms with Crippen LogP contribution in [0.25, 0.3) is 10.9 Å². The molecule has 1 aliphatic heterocycles. The normalized spacial score (nSPS) is 20.1. The minimum absolute atomic E-state index is 0.544. The third kappa shape index (κ3) is 1.86. The summed E-state index contributed by atoms with van der Waals surface area (Å²) in [5, 5.41) is 8.05. The van der Waals surface area contributed by atoms with Crippen molar-refractivity contribution in [2.75, 3.05) is 18.4 Å². The second kappa shape index (κ2) is 4.10. The number of nitrogens with one attached hydrogen (secondary N) is 2. The minimum Gasteiger partial charge on any atom is -0.380 e. The number of para-hydroxylation sites is 1. The Kier molecular flexibility index (Phi) is 2.46. The highest BCUT2D eigenvalue weighted by molar-refractivity contribution is 5.81. The molecule has 1 saturated heterocycles. The molecule has 82 valence electrons. The van der Waals surface area contributed by atoms with Gasteiger partial charge in [-0.05, 0) is 25.1 Å². The first-order valence-corrected chi connectivity index (χ1v) is 5.74. The summed E-state index contributed by atoms with van der Waals surface area (Å²) in [6, 6.07) is 10.9. The minimum atomic E-state index is 0.544. The van der Waals surface area contributed by atoms with Gasteiger partial charge in [-0.15, -0.1) is 0 Å². The summed E-state index contributed by atoms with van der Waals surface area (Å²) in [4.78, 5) is 4.44. The molecule has 2 N–H and O–H groups in total. The average Bonchev–Trinajstić information content (AvgIpc) is 2.82. The van der Waals surface area contributed by atoms with Crippen LogP contribution in [-0.4, -0.2) is 24.1 Å². The van der Waals surface area contributed by atoms with Crippen molar-refractivity contribution in [3.63, 3.8) is 0 Å². The van der Waals surface area contributed by atoms with Gasteiger partial charge in [0.1, 0.15) is 0 Å². The largest absolute Gasteiger partial charge is 0.380 e. The highest BCUT2D eigenvalue weighted by Gasteiger charge is 2.13. The fourth-order valence-corrected chi connectivity index (χ4v) is 2.16. The summed E-state index contributed by atoms with van der Waals surface area (Å²) in [7, 11) is 0. The lowest BCUT2D eigenvalue weighted by molar-refractivity contribution is 0.793. The standard InChI is InChI=1S/C13H15N3/c1-2-4-13-10(3-1)7-12(9-15-13)16-11-5-6-14-8-11/h1-4,7,9,11,14,16H,5-6,8H2/t11-/m1/s1. The number of rotatable bonds is 2. The van der Waals surface area contributed by atoms with Gasteiger partial charge in [0.15, 0.2) is 0 Å². The molecule has 2 aromatic rings. The van der Waals surface area contributed by atoms with E-state index in [1.54, 1.807) is 0 Å². The number of hydrogen-bond acceptors (Lipinski definition) is 3. The molecule has 0 bridgehead atoms. The van der Waals surface area contributed by atoms with Crippen LogP contribution in [0.15, 0.2) is 36.5 Å². The van der Waals surface area contributed by atoms with E-state index in [0.717, 1.165) is 24.3 Å². The zero-order valence-corrected chi connectivity index (χ0v) is 9.11. The van der Waals surface area contributed by atoms with Crippen molar-refractivity contribution in [2.45, 2.75) is 12.5 Å². The quantitative estimate of drug-likeness (QED) is 0.801. The van der Waals surface area contributed by atoms with E-state index in [4.69, 9.17) is 0 Å². The monoisotopic (exact) mass is 213 g/mol. The lowest BCUT2D eigenvalue weighted by atomic mass is 10.2. The first-order chi connectivity index (χ1) is 7.92. The molecule has 0 unspecified atom stereocenters. The van der Waals surface area contributed by atoms with E-state index in [1.165, 1.54) is 11.8 Å². The van der Waals surface area contributed by atoms with Crippen LogP contribution in [0.3, 0.4) is 0 Å². The summed E-state index contributed by atoms with van der Waals surface area (Å²) in [5.41, 5.74) is 2.17. The van der Waals surface area contributed by atoms with Crippen LogP contribution in [0, 0.1) is 0 Å². The van der Waals surface area contributed by atoms with E-state index in [2.05, 4.69) is 27.8 Å². The molecule has 1 fully saturated rings. The maximum atomic E-state index is 4.44. The van der Waals surface area contributed by atoms with Gasteiger partial charge < -0.3 is 10.6 Å². The van der Waals surface area contributed by atoms with Crippen molar-refractivity contribution in [3.8, 4) is 0 Å². The molecule has 3 heteroatoms. The van der Waals surface area contributed by atoms with Crippen LogP contribution in [0.4, 0.5) is 5.69 Å². The molecule has 2 heterocycles. The number of hydrogen-bond donors (Lipinski definition) is 2. The van der Waals surface area contributed by atoms with Crippen molar-refractivity contribution < 1.29 is 0 Å². The van der Waals surface area contributed by atoms with Crippen LogP contribution >= 0.6 is 0 Å². The van der Waals surface area contributed by atoms with E-state index < -0.39 is 0 Å². The molecule has 1 aliphatic rings. The topological polar surface area (TPSA) is 37.0 Å². The molecular formula is C13H15N3. The van der Waals surface area contributed by atoms with E-state index in [0.29, 0.717) is 6.04 Å². The summed E-state index contributed by atoms with van der Waals surface area (Å²) in [6.45, 7) is 2.16. The molecule has 1 aromatic heterocycles. The highest BCUT2D eigenvalue weighted by Crippen LogP contribution is 2.17. The predicted octanol–water partition coefficient (Wildman–Crippen LogP) is 2.01. The average molecular weight is 213 g/mol. The van der Waals surface area contributed by atoms with Gasteiger partial charge in [0.25, 0.3) is 0 Å². The zero-order valence-electron chi connectivity index (χ0n) is 9.11. The van der Waals surface area contributed by atoms with Crippen molar-refractivity contribution in [1.82, 2.24) is 10.3 Å². The van der Waals surface area contributed by atoms with Gasteiger partial charge in [0, 0.05) is 18.0 Å². The van der Waals surface area contributed by atoms with Gasteiger partial charge in [0.2, 0.25) is 0 Å². The summed E-state index contributed by atoms with van der Waals surface area (Å²) in [5.74, 6) is 0. The fourth-order valence-electron chi connectivity index (χ4n) is 2.16. The van der Waals surface area contributed by atoms with Gasteiger partial charge in [-0.3, -0.25) is 4.98 Å². The Balaban J connectivity index is 1.86. The lowest BCUT2D eigenvalue weighted by Gasteiger charge is -2.12. The van der Waals surface area contributed by atoms with Crippen molar-refractivity contribution >= 4 is 16.6 Å². The van der Waals surface area contributed by atoms with Crippen LogP contribution in [0.2, 0.25) is 0 Å². The number of fused-ring (bicyclic) bond motifs is 1. The van der Waals surface area contributed by atoms with E-state index in [1.807, 2.05) is 24.4 Å². The number of pyridine rings is 1. The molecule has 1 aromatic carbocycles. The van der Waals surface area contributed by atoms with Crippen molar-refractivity contribution in [2.24, 2.45) is 0 Å². The third-order valence-electron chi connectivity index (χ3n) is 3.02. The number of aromatic nitrogens is 1.